The van der Waals surface area contributed by atoms with E-state index in [1.54, 1.807) is 43.5 Å². The topological polar surface area (TPSA) is 62.2 Å². The summed E-state index contributed by atoms with van der Waals surface area (Å²) in [6.45, 7) is 3.54. The van der Waals surface area contributed by atoms with Gasteiger partial charge in [-0.25, -0.2) is 0 Å². The number of benzene rings is 1. The molecule has 2 N–H and O–H groups in total. The van der Waals surface area contributed by atoms with Crippen LogP contribution in [0.5, 0.6) is 0 Å². The lowest BCUT2D eigenvalue weighted by molar-refractivity contribution is 0.102. The lowest BCUT2D eigenvalue weighted by Crippen LogP contribution is -2.15. The van der Waals surface area contributed by atoms with Gasteiger partial charge in [-0.05, 0) is 43.2 Å². The molecule has 2 rings (SSSR count). The summed E-state index contributed by atoms with van der Waals surface area (Å²) in [5, 5.41) is 12.2. The van der Waals surface area contributed by atoms with Crippen molar-refractivity contribution in [2.45, 2.75) is 20.0 Å². The first-order valence-electron chi connectivity index (χ1n) is 6.09. The van der Waals surface area contributed by atoms with Crippen LogP contribution in [0.4, 0.5) is 5.69 Å². The Morgan fingerprint density at radius 1 is 1.26 bits per heavy atom. The Morgan fingerprint density at radius 2 is 1.95 bits per heavy atom. The minimum Gasteiger partial charge on any atom is -0.389 e. The number of anilines is 1. The molecule has 19 heavy (non-hydrogen) atoms. The maximum atomic E-state index is 12.0. The number of nitrogens with zero attached hydrogens (tertiary/aromatic N) is 1. The lowest BCUT2D eigenvalue weighted by Gasteiger charge is -2.08. The molecular formula is C15H16N2O2. The third-order valence-corrected chi connectivity index (χ3v) is 2.88. The second kappa shape index (κ2) is 5.63. The van der Waals surface area contributed by atoms with Crippen molar-refractivity contribution in [2.24, 2.45) is 0 Å². The van der Waals surface area contributed by atoms with Crippen LogP contribution in [-0.2, 0) is 0 Å². The number of rotatable bonds is 3. The average molecular weight is 256 g/mol. The first kappa shape index (κ1) is 13.2. The Bertz CT molecular complexity index is 577. The van der Waals surface area contributed by atoms with Crippen molar-refractivity contribution < 1.29 is 9.90 Å². The van der Waals surface area contributed by atoms with Crippen molar-refractivity contribution in [3.63, 3.8) is 0 Å². The fraction of sp³-hybridized carbons (Fsp3) is 0.200. The van der Waals surface area contributed by atoms with Gasteiger partial charge < -0.3 is 10.4 Å². The molecule has 4 nitrogen and oxygen atoms in total. The van der Waals surface area contributed by atoms with Crippen molar-refractivity contribution in [3.05, 3.63) is 59.4 Å². The molecule has 1 heterocycles. The number of aromatic nitrogens is 1. The maximum absolute atomic E-state index is 12.0. The van der Waals surface area contributed by atoms with Crippen molar-refractivity contribution in [1.82, 2.24) is 4.98 Å². The first-order valence-corrected chi connectivity index (χ1v) is 6.09. The summed E-state index contributed by atoms with van der Waals surface area (Å²) in [5.74, 6) is -0.233. The van der Waals surface area contributed by atoms with Gasteiger partial charge in [0, 0.05) is 11.9 Å². The second-order valence-electron chi connectivity index (χ2n) is 4.42. The first-order chi connectivity index (χ1) is 9.08. The molecule has 0 bridgehead atoms. The summed E-state index contributed by atoms with van der Waals surface area (Å²) in [6, 6.07) is 10.7. The number of aliphatic hydroxyl groups excluding tert-OH is 1. The molecule has 1 unspecified atom stereocenters. The molecule has 0 saturated heterocycles. The molecule has 0 fully saturated rings. The Morgan fingerprint density at radius 3 is 2.53 bits per heavy atom. The maximum Gasteiger partial charge on any atom is 0.274 e. The van der Waals surface area contributed by atoms with E-state index in [2.05, 4.69) is 10.3 Å². The second-order valence-corrected chi connectivity index (χ2v) is 4.42. The molecule has 0 aliphatic carbocycles. The molecule has 0 saturated carbocycles. The van der Waals surface area contributed by atoms with Crippen LogP contribution in [0.15, 0.2) is 42.6 Å². The molecule has 2 aromatic rings. The molecule has 0 aliphatic heterocycles. The minimum atomic E-state index is -0.511. The summed E-state index contributed by atoms with van der Waals surface area (Å²) < 4.78 is 0. The molecule has 1 aromatic heterocycles. The minimum absolute atomic E-state index is 0.233. The largest absolute Gasteiger partial charge is 0.389 e. The molecule has 1 amide bonds. The lowest BCUT2D eigenvalue weighted by atomic mass is 10.1. The summed E-state index contributed by atoms with van der Waals surface area (Å²) in [4.78, 5) is 16.1. The Hall–Kier alpha value is -2.20. The molecule has 1 atom stereocenters. The molecule has 0 spiro atoms. The van der Waals surface area contributed by atoms with Gasteiger partial charge in [0.25, 0.3) is 5.91 Å². The standard InChI is InChI=1S/C15H16N2O2/c1-10-4-3-9-16-14(10)15(19)17-13-7-5-12(6-8-13)11(2)18/h3-9,11,18H,1-2H3,(H,17,19). The van der Waals surface area contributed by atoms with E-state index >= 15 is 0 Å². The normalized spacial score (nSPS) is 11.9. The quantitative estimate of drug-likeness (QED) is 0.887. The number of aliphatic hydroxyl groups is 1. The predicted octanol–water partition coefficient (Wildman–Crippen LogP) is 2.70. The van der Waals surface area contributed by atoms with Crippen molar-refractivity contribution in [2.75, 3.05) is 5.32 Å². The number of hydrogen-bond acceptors (Lipinski definition) is 3. The number of nitrogens with one attached hydrogen (secondary N) is 1. The van der Waals surface area contributed by atoms with Crippen LogP contribution in [0, 0.1) is 6.92 Å². The van der Waals surface area contributed by atoms with Crippen molar-refractivity contribution >= 4 is 11.6 Å². The van der Waals surface area contributed by atoms with E-state index in [1.807, 2.05) is 13.0 Å². The van der Waals surface area contributed by atoms with Gasteiger partial charge >= 0.3 is 0 Å². The van der Waals surface area contributed by atoms with E-state index in [1.165, 1.54) is 0 Å². The Kier molecular flexibility index (Phi) is 3.92. The number of hydrogen-bond donors (Lipinski definition) is 2. The number of carbonyl (C=O) groups excluding carboxylic acids is 1. The van der Waals surface area contributed by atoms with E-state index in [0.29, 0.717) is 11.4 Å². The average Bonchev–Trinajstić information content (AvgIpc) is 2.39. The van der Waals surface area contributed by atoms with Gasteiger partial charge in [-0.1, -0.05) is 18.2 Å². The third kappa shape index (κ3) is 3.17. The zero-order chi connectivity index (χ0) is 13.8. The van der Waals surface area contributed by atoms with Crippen LogP contribution < -0.4 is 5.32 Å². The molecule has 1 aromatic carbocycles. The smallest absolute Gasteiger partial charge is 0.274 e. The fourth-order valence-electron chi connectivity index (χ4n) is 1.76. The molecule has 4 heteroatoms. The monoisotopic (exact) mass is 256 g/mol. The summed E-state index contributed by atoms with van der Waals surface area (Å²) in [6.07, 6.45) is 1.08. The molecular weight excluding hydrogens is 240 g/mol. The SMILES string of the molecule is Cc1cccnc1C(=O)Nc1ccc(C(C)O)cc1. The summed E-state index contributed by atoms with van der Waals surface area (Å²) in [5.41, 5.74) is 2.74. The highest BCUT2D eigenvalue weighted by molar-refractivity contribution is 6.03. The summed E-state index contributed by atoms with van der Waals surface area (Å²) >= 11 is 0. The third-order valence-electron chi connectivity index (χ3n) is 2.88. The van der Waals surface area contributed by atoms with Gasteiger partial charge in [0.2, 0.25) is 0 Å². The van der Waals surface area contributed by atoms with Gasteiger partial charge in [-0.15, -0.1) is 0 Å². The highest BCUT2D eigenvalue weighted by Gasteiger charge is 2.10. The number of carbonyl (C=O) groups is 1. The number of pyridine rings is 1. The van der Waals surface area contributed by atoms with E-state index in [-0.39, 0.29) is 5.91 Å². The zero-order valence-corrected chi connectivity index (χ0v) is 10.9. The van der Waals surface area contributed by atoms with Gasteiger partial charge in [-0.3, -0.25) is 9.78 Å². The highest BCUT2D eigenvalue weighted by Crippen LogP contribution is 2.16. The molecule has 98 valence electrons. The molecule has 0 radical (unpaired) electrons. The highest BCUT2D eigenvalue weighted by atomic mass is 16.3. The van der Waals surface area contributed by atoms with Crippen LogP contribution >= 0.6 is 0 Å². The summed E-state index contributed by atoms with van der Waals surface area (Å²) in [7, 11) is 0. The van der Waals surface area contributed by atoms with Crippen LogP contribution in [-0.4, -0.2) is 16.0 Å². The van der Waals surface area contributed by atoms with E-state index in [0.717, 1.165) is 11.1 Å². The fourth-order valence-corrected chi connectivity index (χ4v) is 1.76. The van der Waals surface area contributed by atoms with E-state index in [4.69, 9.17) is 0 Å². The predicted molar refractivity (Wildman–Crippen MR) is 74.0 cm³/mol. The van der Waals surface area contributed by atoms with Crippen molar-refractivity contribution in [1.29, 1.82) is 0 Å². The van der Waals surface area contributed by atoms with E-state index in [9.17, 15) is 9.90 Å². The van der Waals surface area contributed by atoms with Crippen LogP contribution in [0.1, 0.15) is 34.6 Å². The van der Waals surface area contributed by atoms with Crippen LogP contribution in [0.25, 0.3) is 0 Å². The Balaban J connectivity index is 2.13. The van der Waals surface area contributed by atoms with E-state index < -0.39 is 6.10 Å². The van der Waals surface area contributed by atoms with Crippen LogP contribution in [0.3, 0.4) is 0 Å². The Labute approximate surface area is 112 Å². The van der Waals surface area contributed by atoms with Gasteiger partial charge in [0.1, 0.15) is 5.69 Å². The van der Waals surface area contributed by atoms with Gasteiger partial charge in [0.05, 0.1) is 6.10 Å². The van der Waals surface area contributed by atoms with Crippen LogP contribution in [0.2, 0.25) is 0 Å². The van der Waals surface area contributed by atoms with Gasteiger partial charge in [-0.2, -0.15) is 0 Å². The van der Waals surface area contributed by atoms with Gasteiger partial charge in [0.15, 0.2) is 0 Å². The number of amides is 1. The molecule has 0 aliphatic rings. The van der Waals surface area contributed by atoms with Crippen molar-refractivity contribution in [3.8, 4) is 0 Å². The number of aryl methyl sites for hydroxylation is 1. The zero-order valence-electron chi connectivity index (χ0n) is 10.9.